The molecule has 1 aromatic heterocycles. The van der Waals surface area contributed by atoms with Gasteiger partial charge in [0.25, 0.3) is 5.91 Å². The number of hydrogen-bond donors (Lipinski definition) is 2. The summed E-state index contributed by atoms with van der Waals surface area (Å²) < 4.78 is 15.8. The van der Waals surface area contributed by atoms with Gasteiger partial charge in [-0.05, 0) is 30.2 Å². The van der Waals surface area contributed by atoms with Gasteiger partial charge in [-0.2, -0.15) is 0 Å². The van der Waals surface area contributed by atoms with E-state index in [1.165, 1.54) is 7.11 Å². The number of ether oxygens (including phenoxy) is 2. The van der Waals surface area contributed by atoms with E-state index in [4.69, 9.17) is 13.9 Å². The summed E-state index contributed by atoms with van der Waals surface area (Å²) in [6, 6.07) is 9.90. The average molecular weight is 360 g/mol. The maximum absolute atomic E-state index is 12.4. The van der Waals surface area contributed by atoms with Crippen LogP contribution in [0.3, 0.4) is 0 Å². The third kappa shape index (κ3) is 5.54. The molecule has 0 spiro atoms. The lowest BCUT2D eigenvalue weighted by atomic mass is 10.0. The van der Waals surface area contributed by atoms with E-state index in [2.05, 4.69) is 10.6 Å². The van der Waals surface area contributed by atoms with Crippen LogP contribution in [0.5, 0.6) is 11.5 Å². The predicted molar refractivity (Wildman–Crippen MR) is 95.8 cm³/mol. The van der Waals surface area contributed by atoms with Crippen LogP contribution in [0.15, 0.2) is 47.1 Å². The smallest absolute Gasteiger partial charge is 0.258 e. The molecule has 0 saturated carbocycles. The van der Waals surface area contributed by atoms with Crippen molar-refractivity contribution in [2.75, 3.05) is 13.7 Å². The van der Waals surface area contributed by atoms with Crippen LogP contribution in [-0.2, 0) is 16.1 Å². The first kappa shape index (κ1) is 19.4. The van der Waals surface area contributed by atoms with Gasteiger partial charge in [-0.25, -0.2) is 0 Å². The molecule has 7 heteroatoms. The molecule has 2 rings (SSSR count). The molecule has 0 saturated heterocycles. The largest absolute Gasteiger partial charge is 0.493 e. The monoisotopic (exact) mass is 360 g/mol. The summed E-state index contributed by atoms with van der Waals surface area (Å²) in [5.74, 6) is 0.906. The molecule has 0 aliphatic heterocycles. The van der Waals surface area contributed by atoms with Crippen LogP contribution in [-0.4, -0.2) is 31.6 Å². The SMILES string of the molecule is COc1ccccc1OCC(=O)N[C@H](C(=O)NCc1ccco1)C(C)C. The number of benzene rings is 1. The first-order valence-electron chi connectivity index (χ1n) is 8.36. The molecule has 140 valence electrons. The van der Waals surface area contributed by atoms with Crippen molar-refractivity contribution in [3.05, 3.63) is 48.4 Å². The van der Waals surface area contributed by atoms with Crippen molar-refractivity contribution >= 4 is 11.8 Å². The zero-order valence-electron chi connectivity index (χ0n) is 15.2. The Balaban J connectivity index is 1.87. The summed E-state index contributed by atoms with van der Waals surface area (Å²) in [6.45, 7) is 3.77. The summed E-state index contributed by atoms with van der Waals surface area (Å²) >= 11 is 0. The molecule has 0 radical (unpaired) electrons. The minimum absolute atomic E-state index is 0.0817. The van der Waals surface area contributed by atoms with Gasteiger partial charge in [0.15, 0.2) is 18.1 Å². The predicted octanol–water partition coefficient (Wildman–Crippen LogP) is 2.12. The number of carbonyl (C=O) groups is 2. The third-order valence-corrected chi connectivity index (χ3v) is 3.71. The van der Waals surface area contributed by atoms with Crippen molar-refractivity contribution in [3.63, 3.8) is 0 Å². The highest BCUT2D eigenvalue weighted by atomic mass is 16.5. The molecule has 0 bridgehead atoms. The van der Waals surface area contributed by atoms with Gasteiger partial charge in [0.1, 0.15) is 11.8 Å². The quantitative estimate of drug-likeness (QED) is 0.715. The Labute approximate surface area is 152 Å². The highest BCUT2D eigenvalue weighted by molar-refractivity contribution is 5.88. The van der Waals surface area contributed by atoms with Gasteiger partial charge >= 0.3 is 0 Å². The van der Waals surface area contributed by atoms with Crippen molar-refractivity contribution in [3.8, 4) is 11.5 Å². The van der Waals surface area contributed by atoms with Crippen LogP contribution in [0.25, 0.3) is 0 Å². The van der Waals surface area contributed by atoms with E-state index in [1.807, 2.05) is 19.9 Å². The van der Waals surface area contributed by atoms with E-state index < -0.39 is 6.04 Å². The molecule has 2 aromatic rings. The molecule has 1 aromatic carbocycles. The minimum atomic E-state index is -0.668. The fourth-order valence-electron chi connectivity index (χ4n) is 2.33. The zero-order valence-corrected chi connectivity index (χ0v) is 15.2. The number of hydrogen-bond acceptors (Lipinski definition) is 5. The minimum Gasteiger partial charge on any atom is -0.493 e. The first-order valence-corrected chi connectivity index (χ1v) is 8.36. The summed E-state index contributed by atoms with van der Waals surface area (Å²) in [5, 5.41) is 5.46. The van der Waals surface area contributed by atoms with Crippen molar-refractivity contribution < 1.29 is 23.5 Å². The van der Waals surface area contributed by atoms with Gasteiger partial charge < -0.3 is 24.5 Å². The summed E-state index contributed by atoms with van der Waals surface area (Å²) in [5.41, 5.74) is 0. The Morgan fingerprint density at radius 1 is 1.12 bits per heavy atom. The van der Waals surface area contributed by atoms with Gasteiger partial charge in [-0.3, -0.25) is 9.59 Å². The normalized spacial score (nSPS) is 11.7. The zero-order chi connectivity index (χ0) is 18.9. The Bertz CT molecular complexity index is 712. The van der Waals surface area contributed by atoms with Crippen LogP contribution < -0.4 is 20.1 Å². The molecular weight excluding hydrogens is 336 g/mol. The Hall–Kier alpha value is -2.96. The number of rotatable bonds is 9. The van der Waals surface area contributed by atoms with Crippen LogP contribution in [0.4, 0.5) is 0 Å². The maximum atomic E-state index is 12.4. The Morgan fingerprint density at radius 2 is 1.85 bits per heavy atom. The van der Waals surface area contributed by atoms with Crippen molar-refractivity contribution in [1.29, 1.82) is 0 Å². The fraction of sp³-hybridized carbons (Fsp3) is 0.368. The number of nitrogens with one attached hydrogen (secondary N) is 2. The molecule has 7 nitrogen and oxygen atoms in total. The highest BCUT2D eigenvalue weighted by Crippen LogP contribution is 2.25. The molecule has 1 atom stereocenters. The third-order valence-electron chi connectivity index (χ3n) is 3.71. The molecule has 0 aliphatic carbocycles. The molecule has 1 heterocycles. The molecule has 2 N–H and O–H groups in total. The lowest BCUT2D eigenvalue weighted by Gasteiger charge is -2.21. The number of methoxy groups -OCH3 is 1. The fourth-order valence-corrected chi connectivity index (χ4v) is 2.33. The van der Waals surface area contributed by atoms with Crippen molar-refractivity contribution in [2.24, 2.45) is 5.92 Å². The molecule has 26 heavy (non-hydrogen) atoms. The lowest BCUT2D eigenvalue weighted by molar-refractivity contribution is -0.131. The van der Waals surface area contributed by atoms with E-state index in [1.54, 1.807) is 36.6 Å². The van der Waals surface area contributed by atoms with Crippen molar-refractivity contribution in [1.82, 2.24) is 10.6 Å². The summed E-state index contributed by atoms with van der Waals surface area (Å²) in [4.78, 5) is 24.6. The van der Waals surface area contributed by atoms with Crippen LogP contribution in [0.2, 0.25) is 0 Å². The van der Waals surface area contributed by atoms with E-state index >= 15 is 0 Å². The second-order valence-corrected chi connectivity index (χ2v) is 6.03. The van der Waals surface area contributed by atoms with Gasteiger partial charge in [-0.1, -0.05) is 26.0 Å². The van der Waals surface area contributed by atoms with E-state index in [9.17, 15) is 9.59 Å². The second-order valence-electron chi connectivity index (χ2n) is 6.03. The van der Waals surface area contributed by atoms with E-state index in [-0.39, 0.29) is 30.9 Å². The topological polar surface area (TPSA) is 89.8 Å². The van der Waals surface area contributed by atoms with E-state index in [0.717, 1.165) is 0 Å². The molecular formula is C19H24N2O5. The lowest BCUT2D eigenvalue weighted by Crippen LogP contribution is -2.50. The van der Waals surface area contributed by atoms with Crippen LogP contribution >= 0.6 is 0 Å². The maximum Gasteiger partial charge on any atom is 0.258 e. The summed E-state index contributed by atoms with van der Waals surface area (Å²) in [6.07, 6.45) is 1.54. The molecule has 0 unspecified atom stereocenters. The van der Waals surface area contributed by atoms with Gasteiger partial charge in [0.2, 0.25) is 5.91 Å². The first-order chi connectivity index (χ1) is 12.5. The van der Waals surface area contributed by atoms with Crippen molar-refractivity contribution in [2.45, 2.75) is 26.4 Å². The average Bonchev–Trinajstić information content (AvgIpc) is 3.16. The molecule has 0 aliphatic rings. The Morgan fingerprint density at radius 3 is 2.46 bits per heavy atom. The Kier molecular flexibility index (Phi) is 7.08. The molecule has 2 amide bonds. The standard InChI is InChI=1S/C19H24N2O5/c1-13(2)18(19(23)20-11-14-7-6-10-25-14)21-17(22)12-26-16-9-5-4-8-15(16)24-3/h4-10,13,18H,11-12H2,1-3H3,(H,20,23)(H,21,22)/t18-/m0/s1. The van der Waals surface area contributed by atoms with Crippen LogP contribution in [0.1, 0.15) is 19.6 Å². The number of furan rings is 1. The van der Waals surface area contributed by atoms with E-state index in [0.29, 0.717) is 17.3 Å². The van der Waals surface area contributed by atoms with Gasteiger partial charge in [0, 0.05) is 0 Å². The molecule has 0 fully saturated rings. The van der Waals surface area contributed by atoms with Gasteiger partial charge in [-0.15, -0.1) is 0 Å². The number of para-hydroxylation sites is 2. The second kappa shape index (κ2) is 9.50. The van der Waals surface area contributed by atoms with Gasteiger partial charge in [0.05, 0.1) is 19.9 Å². The van der Waals surface area contributed by atoms with Crippen LogP contribution in [0, 0.1) is 5.92 Å². The number of carbonyl (C=O) groups excluding carboxylic acids is 2. The summed E-state index contributed by atoms with van der Waals surface area (Å²) in [7, 11) is 1.53. The highest BCUT2D eigenvalue weighted by Gasteiger charge is 2.24. The number of amides is 2.